The van der Waals surface area contributed by atoms with Crippen LogP contribution in [0.15, 0.2) is 22.8 Å². The quantitative estimate of drug-likeness (QED) is 0.538. The van der Waals surface area contributed by atoms with Gasteiger partial charge in [0.25, 0.3) is 0 Å². The maximum absolute atomic E-state index is 12.1. The number of rotatable bonds is 0. The normalized spacial score (nSPS) is 35.6. The van der Waals surface area contributed by atoms with Crippen LogP contribution in [0.4, 0.5) is 0 Å². The first-order valence-corrected chi connectivity index (χ1v) is 6.68. The van der Waals surface area contributed by atoms with Gasteiger partial charge < -0.3 is 9.84 Å². The van der Waals surface area contributed by atoms with E-state index in [0.717, 1.165) is 18.4 Å². The fourth-order valence-corrected chi connectivity index (χ4v) is 2.66. The molecule has 1 aliphatic carbocycles. The molecule has 0 aromatic rings. The van der Waals surface area contributed by atoms with Crippen LogP contribution >= 0.6 is 0 Å². The molecule has 0 unspecified atom stereocenters. The van der Waals surface area contributed by atoms with Crippen LogP contribution in [0, 0.1) is 5.92 Å². The highest BCUT2D eigenvalue weighted by Crippen LogP contribution is 2.39. The Morgan fingerprint density at radius 3 is 2.74 bits per heavy atom. The zero-order chi connectivity index (χ0) is 14.2. The lowest BCUT2D eigenvalue weighted by Gasteiger charge is -2.27. The first-order valence-electron chi connectivity index (χ1n) is 6.68. The van der Waals surface area contributed by atoms with Crippen molar-refractivity contribution in [3.63, 3.8) is 0 Å². The Hall–Kier alpha value is -1.42. The first kappa shape index (κ1) is 14.0. The van der Waals surface area contributed by atoms with Gasteiger partial charge in [-0.05, 0) is 26.7 Å². The van der Waals surface area contributed by atoms with Crippen LogP contribution in [0.1, 0.15) is 46.5 Å². The van der Waals surface area contributed by atoms with Gasteiger partial charge in [0.15, 0.2) is 0 Å². The van der Waals surface area contributed by atoms with E-state index in [4.69, 9.17) is 4.74 Å². The average molecular weight is 264 g/mol. The summed E-state index contributed by atoms with van der Waals surface area (Å²) in [6.07, 6.45) is 3.96. The minimum Gasteiger partial charge on any atom is -0.425 e. The van der Waals surface area contributed by atoms with Gasteiger partial charge in [-0.1, -0.05) is 18.6 Å². The predicted octanol–water partition coefficient (Wildman–Crippen LogP) is 2.27. The van der Waals surface area contributed by atoms with Gasteiger partial charge in [0.05, 0.1) is 0 Å². The Kier molecular flexibility index (Phi) is 3.63. The second-order valence-corrected chi connectivity index (χ2v) is 5.63. The van der Waals surface area contributed by atoms with Crippen molar-refractivity contribution in [1.82, 2.24) is 0 Å². The fraction of sp³-hybridized carbons (Fsp3) is 0.600. The lowest BCUT2D eigenvalue weighted by Crippen LogP contribution is -2.34. The van der Waals surface area contributed by atoms with E-state index < -0.39 is 11.8 Å². The Bertz CT molecular complexity index is 486. The molecule has 0 fully saturated rings. The molecule has 0 aromatic heterocycles. The second-order valence-electron chi connectivity index (χ2n) is 5.63. The smallest absolute Gasteiger partial charge is 0.336 e. The van der Waals surface area contributed by atoms with Crippen LogP contribution in [0.5, 0.6) is 0 Å². The molecule has 2 rings (SSSR count). The maximum atomic E-state index is 12.1. The molecule has 0 bridgehead atoms. The van der Waals surface area contributed by atoms with Gasteiger partial charge in [-0.2, -0.15) is 0 Å². The lowest BCUT2D eigenvalue weighted by molar-refractivity contribution is -0.181. The minimum absolute atomic E-state index is 0.0547. The monoisotopic (exact) mass is 264 g/mol. The van der Waals surface area contributed by atoms with Crippen LogP contribution in [0.3, 0.4) is 0 Å². The average Bonchev–Trinajstić information content (AvgIpc) is 2.51. The lowest BCUT2D eigenvalue weighted by atomic mass is 9.86. The third-order valence-electron chi connectivity index (χ3n) is 4.00. The molecule has 4 heteroatoms. The molecule has 0 amide bonds. The summed E-state index contributed by atoms with van der Waals surface area (Å²) in [5.74, 6) is -2.17. The highest BCUT2D eigenvalue weighted by molar-refractivity contribution is 5.95. The number of Topliss-reactive ketones (excluding diaryl/α,β-unsaturated/α-hetero) is 1. The number of ether oxygens (including phenoxy) is 1. The number of fused-ring (bicyclic) bond motifs is 1. The Labute approximate surface area is 113 Å². The van der Waals surface area contributed by atoms with Gasteiger partial charge in [-0.3, -0.25) is 4.79 Å². The van der Waals surface area contributed by atoms with Gasteiger partial charge in [0.2, 0.25) is 5.79 Å². The van der Waals surface area contributed by atoms with Gasteiger partial charge in [0.1, 0.15) is 5.78 Å². The van der Waals surface area contributed by atoms with E-state index in [9.17, 15) is 14.7 Å². The minimum atomic E-state index is -1.63. The van der Waals surface area contributed by atoms with E-state index in [-0.39, 0.29) is 24.5 Å². The summed E-state index contributed by atoms with van der Waals surface area (Å²) in [7, 11) is 0. The van der Waals surface area contributed by atoms with E-state index in [1.807, 2.05) is 19.9 Å². The number of hydrogen-bond acceptors (Lipinski definition) is 4. The molecule has 0 spiro atoms. The largest absolute Gasteiger partial charge is 0.425 e. The summed E-state index contributed by atoms with van der Waals surface area (Å²) >= 11 is 0. The molecule has 2 aliphatic rings. The number of carbonyl (C=O) groups excluding carboxylic acids is 2. The Balaban J connectivity index is 2.42. The number of hydrogen-bond donors (Lipinski definition) is 1. The van der Waals surface area contributed by atoms with E-state index in [0.29, 0.717) is 11.1 Å². The van der Waals surface area contributed by atoms with E-state index in [2.05, 4.69) is 0 Å². The molecule has 0 saturated heterocycles. The van der Waals surface area contributed by atoms with Gasteiger partial charge in [-0.15, -0.1) is 0 Å². The van der Waals surface area contributed by atoms with Crippen molar-refractivity contribution in [3.8, 4) is 0 Å². The maximum Gasteiger partial charge on any atom is 0.336 e. The summed E-state index contributed by atoms with van der Waals surface area (Å²) in [6.45, 7) is 5.41. The molecule has 0 aromatic carbocycles. The number of ketones is 1. The van der Waals surface area contributed by atoms with Gasteiger partial charge in [-0.25, -0.2) is 4.79 Å². The molecule has 0 saturated carbocycles. The summed E-state index contributed by atoms with van der Waals surface area (Å²) in [6, 6.07) is 0. The fourth-order valence-electron chi connectivity index (χ4n) is 2.66. The second kappa shape index (κ2) is 4.93. The van der Waals surface area contributed by atoms with Crippen molar-refractivity contribution in [3.05, 3.63) is 22.8 Å². The van der Waals surface area contributed by atoms with Gasteiger partial charge >= 0.3 is 5.97 Å². The molecular weight excluding hydrogens is 244 g/mol. The standard InChI is InChI=1S/C15H20O4/c1-9-5-4-6-10(2)13(16)7-12-11(3)14(17)19-15(12,18)8-9/h5,10,18H,4,6-8H2,1-3H3/b9-5+/t10-,15+/m1/s1. The number of esters is 1. The van der Waals surface area contributed by atoms with Crippen molar-refractivity contribution in [1.29, 1.82) is 0 Å². The van der Waals surface area contributed by atoms with Crippen LogP contribution in [-0.2, 0) is 14.3 Å². The van der Waals surface area contributed by atoms with Crippen molar-refractivity contribution >= 4 is 11.8 Å². The number of aliphatic hydroxyl groups is 1. The summed E-state index contributed by atoms with van der Waals surface area (Å²) in [5, 5.41) is 10.6. The molecule has 0 radical (unpaired) electrons. The molecule has 1 aliphatic heterocycles. The molecule has 1 heterocycles. The summed E-state index contributed by atoms with van der Waals surface area (Å²) in [5.41, 5.74) is 1.78. The van der Waals surface area contributed by atoms with Crippen molar-refractivity contribution < 1.29 is 19.4 Å². The molecule has 4 nitrogen and oxygen atoms in total. The van der Waals surface area contributed by atoms with E-state index >= 15 is 0 Å². The Morgan fingerprint density at radius 1 is 1.37 bits per heavy atom. The Morgan fingerprint density at radius 2 is 2.05 bits per heavy atom. The third-order valence-corrected chi connectivity index (χ3v) is 4.00. The van der Waals surface area contributed by atoms with Crippen LogP contribution < -0.4 is 0 Å². The first-order chi connectivity index (χ1) is 8.83. The van der Waals surface area contributed by atoms with Crippen LogP contribution in [0.25, 0.3) is 0 Å². The molecular formula is C15H20O4. The number of carbonyl (C=O) groups is 2. The molecule has 1 N–H and O–H groups in total. The molecule has 19 heavy (non-hydrogen) atoms. The van der Waals surface area contributed by atoms with E-state index in [1.165, 1.54) is 0 Å². The SMILES string of the molecule is CC1=C2CC(=O)[C@H](C)CC/C=C(\C)C[C@]2(O)OC1=O. The topological polar surface area (TPSA) is 63.6 Å². The molecule has 104 valence electrons. The predicted molar refractivity (Wildman–Crippen MR) is 70.1 cm³/mol. The van der Waals surface area contributed by atoms with Crippen molar-refractivity contribution in [2.24, 2.45) is 5.92 Å². The third kappa shape index (κ3) is 2.63. The summed E-state index contributed by atoms with van der Waals surface area (Å²) in [4.78, 5) is 23.8. The molecule has 2 atom stereocenters. The summed E-state index contributed by atoms with van der Waals surface area (Å²) < 4.78 is 5.10. The zero-order valence-electron chi connectivity index (χ0n) is 11.7. The van der Waals surface area contributed by atoms with Crippen molar-refractivity contribution in [2.45, 2.75) is 52.2 Å². The number of allylic oxidation sites excluding steroid dienone is 1. The zero-order valence-corrected chi connectivity index (χ0v) is 11.7. The highest BCUT2D eigenvalue weighted by atomic mass is 16.7. The van der Waals surface area contributed by atoms with Crippen molar-refractivity contribution in [2.75, 3.05) is 0 Å². The van der Waals surface area contributed by atoms with E-state index in [1.54, 1.807) is 6.92 Å². The van der Waals surface area contributed by atoms with Crippen LogP contribution in [-0.4, -0.2) is 22.6 Å². The highest BCUT2D eigenvalue weighted by Gasteiger charge is 2.45. The van der Waals surface area contributed by atoms with Crippen LogP contribution in [0.2, 0.25) is 0 Å². The van der Waals surface area contributed by atoms with Gasteiger partial charge in [0, 0.05) is 29.9 Å².